The zero-order valence-corrected chi connectivity index (χ0v) is 11.0. The molecule has 8 nitrogen and oxygen atoms in total. The van der Waals surface area contributed by atoms with Crippen molar-refractivity contribution in [3.8, 4) is 0 Å². The number of carboxylic acids is 1. The zero-order valence-electron chi connectivity index (χ0n) is 11.0. The van der Waals surface area contributed by atoms with Gasteiger partial charge in [0.1, 0.15) is 5.82 Å². The lowest BCUT2D eigenvalue weighted by Gasteiger charge is -2.13. The van der Waals surface area contributed by atoms with Crippen molar-refractivity contribution in [2.45, 2.75) is 12.5 Å². The van der Waals surface area contributed by atoms with Crippen molar-refractivity contribution in [3.05, 3.63) is 39.7 Å². The Labute approximate surface area is 118 Å². The van der Waals surface area contributed by atoms with Crippen LogP contribution >= 0.6 is 0 Å². The number of nitro groups is 1. The highest BCUT2D eigenvalue weighted by Crippen LogP contribution is 2.16. The molecular weight excluding hydrogens is 287 g/mol. The van der Waals surface area contributed by atoms with Crippen molar-refractivity contribution in [3.63, 3.8) is 0 Å². The molecule has 1 amide bonds. The van der Waals surface area contributed by atoms with Crippen molar-refractivity contribution < 1.29 is 28.7 Å². The molecule has 1 aromatic carbocycles. The van der Waals surface area contributed by atoms with E-state index in [1.807, 2.05) is 0 Å². The molecule has 9 heteroatoms. The summed E-state index contributed by atoms with van der Waals surface area (Å²) < 4.78 is 18.1. The van der Waals surface area contributed by atoms with Gasteiger partial charge in [-0.25, -0.2) is 4.39 Å². The third-order valence-corrected chi connectivity index (χ3v) is 2.58. The highest BCUT2D eigenvalue weighted by molar-refractivity contribution is 5.94. The minimum Gasteiger partial charge on any atom is -0.481 e. The lowest BCUT2D eigenvalue weighted by Crippen LogP contribution is -2.34. The van der Waals surface area contributed by atoms with Gasteiger partial charge in [0.25, 0.3) is 11.6 Å². The predicted molar refractivity (Wildman–Crippen MR) is 68.4 cm³/mol. The molecule has 1 rings (SSSR count). The van der Waals surface area contributed by atoms with Gasteiger partial charge in [0.15, 0.2) is 0 Å². The van der Waals surface area contributed by atoms with Gasteiger partial charge in [0, 0.05) is 25.3 Å². The highest BCUT2D eigenvalue weighted by atomic mass is 19.1. The molecule has 1 atom stereocenters. The third kappa shape index (κ3) is 5.15. The Morgan fingerprint density at radius 1 is 1.48 bits per heavy atom. The van der Waals surface area contributed by atoms with Crippen molar-refractivity contribution in [1.29, 1.82) is 0 Å². The van der Waals surface area contributed by atoms with Crippen LogP contribution in [0, 0.1) is 15.9 Å². The van der Waals surface area contributed by atoms with Crippen LogP contribution in [0.4, 0.5) is 10.1 Å². The smallest absolute Gasteiger partial charge is 0.306 e. The summed E-state index contributed by atoms with van der Waals surface area (Å²) in [4.78, 5) is 32.1. The van der Waals surface area contributed by atoms with E-state index in [1.54, 1.807) is 0 Å². The molecule has 0 radical (unpaired) electrons. The summed E-state index contributed by atoms with van der Waals surface area (Å²) in [5, 5.41) is 21.5. The number of rotatable bonds is 7. The lowest BCUT2D eigenvalue weighted by molar-refractivity contribution is -0.385. The highest BCUT2D eigenvalue weighted by Gasteiger charge is 2.17. The summed E-state index contributed by atoms with van der Waals surface area (Å²) in [6, 6.07) is 2.47. The van der Waals surface area contributed by atoms with E-state index < -0.39 is 34.4 Å². The van der Waals surface area contributed by atoms with Gasteiger partial charge in [-0.05, 0) is 6.07 Å². The van der Waals surface area contributed by atoms with Gasteiger partial charge in [-0.15, -0.1) is 0 Å². The minimum atomic E-state index is -1.10. The van der Waals surface area contributed by atoms with Crippen LogP contribution in [0.1, 0.15) is 16.8 Å². The molecule has 0 aromatic heterocycles. The number of aliphatic carboxylic acids is 1. The number of carbonyl (C=O) groups is 2. The fourth-order valence-corrected chi connectivity index (χ4v) is 1.55. The second kappa shape index (κ2) is 7.29. The number of nitrogens with one attached hydrogen (secondary N) is 1. The van der Waals surface area contributed by atoms with Gasteiger partial charge in [-0.2, -0.15) is 0 Å². The van der Waals surface area contributed by atoms with Gasteiger partial charge < -0.3 is 15.2 Å². The molecule has 0 bridgehead atoms. The number of methoxy groups -OCH3 is 1. The summed E-state index contributed by atoms with van der Waals surface area (Å²) in [5.74, 6) is -2.77. The normalized spacial score (nSPS) is 11.7. The van der Waals surface area contributed by atoms with Gasteiger partial charge in [-0.1, -0.05) is 0 Å². The summed E-state index contributed by atoms with van der Waals surface area (Å²) >= 11 is 0. The molecule has 0 spiro atoms. The summed E-state index contributed by atoms with van der Waals surface area (Å²) in [6.45, 7) is -0.119. The zero-order chi connectivity index (χ0) is 16.0. The first-order valence-electron chi connectivity index (χ1n) is 5.81. The SMILES string of the molecule is COC(CNC(=O)c1cc(F)cc([N+](=O)[O-])c1)CC(=O)O. The molecule has 0 saturated carbocycles. The molecule has 0 aliphatic rings. The first-order chi connectivity index (χ1) is 9.83. The summed E-state index contributed by atoms with van der Waals surface area (Å²) in [5.41, 5.74) is -0.777. The molecule has 2 N–H and O–H groups in total. The number of nitrogens with zero attached hydrogens (tertiary/aromatic N) is 1. The average molecular weight is 300 g/mol. The van der Waals surface area contributed by atoms with E-state index in [0.29, 0.717) is 6.07 Å². The predicted octanol–water partition coefficient (Wildman–Crippen LogP) is 0.953. The number of nitro benzene ring substituents is 1. The van der Waals surface area contributed by atoms with E-state index in [0.717, 1.165) is 12.1 Å². The number of halogens is 1. The minimum absolute atomic E-state index is 0.119. The third-order valence-electron chi connectivity index (χ3n) is 2.58. The first kappa shape index (κ1) is 16.5. The quantitative estimate of drug-likeness (QED) is 0.571. The van der Waals surface area contributed by atoms with Crippen molar-refractivity contribution in [2.75, 3.05) is 13.7 Å². The fraction of sp³-hybridized carbons (Fsp3) is 0.333. The Kier molecular flexibility index (Phi) is 5.73. The Morgan fingerprint density at radius 3 is 2.67 bits per heavy atom. The van der Waals surface area contributed by atoms with E-state index in [2.05, 4.69) is 5.32 Å². The molecule has 0 heterocycles. The lowest BCUT2D eigenvalue weighted by atomic mass is 10.1. The van der Waals surface area contributed by atoms with E-state index in [4.69, 9.17) is 9.84 Å². The standard InChI is InChI=1S/C12H13FN2O6/c1-21-10(5-11(16)17)6-14-12(18)7-2-8(13)4-9(3-7)15(19)20/h2-4,10H,5-6H2,1H3,(H,14,18)(H,16,17). The van der Waals surface area contributed by atoms with Crippen LogP contribution in [0.25, 0.3) is 0 Å². The molecule has 1 unspecified atom stereocenters. The van der Waals surface area contributed by atoms with E-state index in [1.165, 1.54) is 7.11 Å². The molecule has 0 aliphatic heterocycles. The molecule has 0 aliphatic carbocycles. The van der Waals surface area contributed by atoms with Crippen molar-refractivity contribution in [2.24, 2.45) is 0 Å². The van der Waals surface area contributed by atoms with Crippen molar-refractivity contribution in [1.82, 2.24) is 5.32 Å². The summed E-state index contributed by atoms with van der Waals surface area (Å²) in [7, 11) is 1.28. The molecule has 0 saturated heterocycles. The van der Waals surface area contributed by atoms with E-state index in [-0.39, 0.29) is 18.5 Å². The first-order valence-corrected chi connectivity index (χ1v) is 5.81. The Hall–Kier alpha value is -2.55. The van der Waals surface area contributed by atoms with Crippen LogP contribution in [0.5, 0.6) is 0 Å². The molecule has 1 aromatic rings. The van der Waals surface area contributed by atoms with Crippen LogP contribution in [0.2, 0.25) is 0 Å². The number of hydrogen-bond donors (Lipinski definition) is 2. The number of benzene rings is 1. The molecule has 21 heavy (non-hydrogen) atoms. The molecule has 0 fully saturated rings. The van der Waals surface area contributed by atoms with Gasteiger partial charge in [0.05, 0.1) is 23.5 Å². The van der Waals surface area contributed by atoms with Crippen LogP contribution in [-0.4, -0.2) is 41.7 Å². The van der Waals surface area contributed by atoms with Gasteiger partial charge >= 0.3 is 5.97 Å². The number of carbonyl (C=O) groups excluding carboxylic acids is 1. The van der Waals surface area contributed by atoms with Crippen molar-refractivity contribution >= 4 is 17.6 Å². The largest absolute Gasteiger partial charge is 0.481 e. The Morgan fingerprint density at radius 2 is 2.14 bits per heavy atom. The number of ether oxygens (including phenoxy) is 1. The van der Waals surface area contributed by atoms with Crippen LogP contribution in [0.3, 0.4) is 0 Å². The number of non-ortho nitro benzene ring substituents is 1. The van der Waals surface area contributed by atoms with Crippen LogP contribution < -0.4 is 5.32 Å². The number of hydrogen-bond acceptors (Lipinski definition) is 5. The molecule has 114 valence electrons. The average Bonchev–Trinajstić information content (AvgIpc) is 2.41. The second-order valence-electron chi connectivity index (χ2n) is 4.12. The fourth-order valence-electron chi connectivity index (χ4n) is 1.55. The van der Waals surface area contributed by atoms with Crippen LogP contribution in [0.15, 0.2) is 18.2 Å². The maximum atomic E-state index is 13.2. The topological polar surface area (TPSA) is 119 Å². The van der Waals surface area contributed by atoms with Crippen LogP contribution in [-0.2, 0) is 9.53 Å². The Bertz CT molecular complexity index is 563. The van der Waals surface area contributed by atoms with Gasteiger partial charge in [0.2, 0.25) is 0 Å². The monoisotopic (exact) mass is 300 g/mol. The Balaban J connectivity index is 2.75. The van der Waals surface area contributed by atoms with E-state index in [9.17, 15) is 24.1 Å². The number of carboxylic acid groups (broad SMARTS) is 1. The summed E-state index contributed by atoms with van der Waals surface area (Å²) in [6.07, 6.45) is -1.07. The molecular formula is C12H13FN2O6. The maximum absolute atomic E-state index is 13.2. The van der Waals surface area contributed by atoms with Gasteiger partial charge in [-0.3, -0.25) is 19.7 Å². The maximum Gasteiger partial charge on any atom is 0.306 e. The van der Waals surface area contributed by atoms with E-state index >= 15 is 0 Å². The second-order valence-corrected chi connectivity index (χ2v) is 4.12. The number of amides is 1.